The van der Waals surface area contributed by atoms with Crippen molar-refractivity contribution in [1.82, 2.24) is 0 Å². The number of fused-ring (bicyclic) bond motifs is 1. The topological polar surface area (TPSA) is 0 Å². The van der Waals surface area contributed by atoms with Gasteiger partial charge in [0.2, 0.25) is 0 Å². The maximum absolute atomic E-state index is 15.2. The largest absolute Gasteiger partial charge is 0.205 e. The number of hydrogen-bond donors (Lipinski definition) is 0. The zero-order valence-electron chi connectivity index (χ0n) is 20.1. The summed E-state index contributed by atoms with van der Waals surface area (Å²) in [6.07, 6.45) is 9.83. The summed E-state index contributed by atoms with van der Waals surface area (Å²) in [4.78, 5) is 0. The van der Waals surface area contributed by atoms with E-state index in [1.165, 1.54) is 24.0 Å². The lowest BCUT2D eigenvalue weighted by Crippen LogP contribution is -1.89. The molecule has 0 spiro atoms. The van der Waals surface area contributed by atoms with Crippen molar-refractivity contribution >= 4 is 10.8 Å². The Labute approximate surface area is 203 Å². The summed E-state index contributed by atoms with van der Waals surface area (Å²) in [6, 6.07) is 26.6. The maximum atomic E-state index is 15.2. The number of benzene rings is 4. The molecule has 0 nitrogen and oxygen atoms in total. The first-order valence-electron chi connectivity index (χ1n) is 12.2. The second-order valence-corrected chi connectivity index (χ2v) is 8.72. The van der Waals surface area contributed by atoms with Crippen LogP contribution in [0.3, 0.4) is 0 Å². The van der Waals surface area contributed by atoms with E-state index < -0.39 is 0 Å². The molecule has 0 aliphatic heterocycles. The van der Waals surface area contributed by atoms with Gasteiger partial charge in [-0.15, -0.1) is 0 Å². The van der Waals surface area contributed by atoms with E-state index in [0.29, 0.717) is 10.9 Å². The second kappa shape index (κ2) is 11.5. The van der Waals surface area contributed by atoms with Crippen molar-refractivity contribution in [2.24, 2.45) is 0 Å². The van der Waals surface area contributed by atoms with Gasteiger partial charge in [-0.05, 0) is 84.5 Å². The molecule has 0 saturated heterocycles. The first-order valence-corrected chi connectivity index (χ1v) is 12.2. The lowest BCUT2D eigenvalue weighted by molar-refractivity contribution is 0.636. The molecule has 0 aliphatic carbocycles. The van der Waals surface area contributed by atoms with Crippen LogP contribution in [0.1, 0.15) is 55.4 Å². The van der Waals surface area contributed by atoms with Crippen LogP contribution in [0.25, 0.3) is 21.9 Å². The summed E-state index contributed by atoms with van der Waals surface area (Å²) >= 11 is 0. The zero-order valence-corrected chi connectivity index (χ0v) is 20.1. The molecule has 1 heteroatoms. The summed E-state index contributed by atoms with van der Waals surface area (Å²) in [7, 11) is 0. The predicted octanol–water partition coefficient (Wildman–Crippen LogP) is 8.90. The molecule has 0 saturated carbocycles. The minimum Gasteiger partial charge on any atom is -0.205 e. The Kier molecular flexibility index (Phi) is 7.95. The Morgan fingerprint density at radius 1 is 0.765 bits per heavy atom. The monoisotopic (exact) mass is 446 g/mol. The molecule has 4 rings (SSSR count). The van der Waals surface area contributed by atoms with Crippen LogP contribution in [0.5, 0.6) is 0 Å². The molecule has 4 aromatic rings. The third-order valence-electron chi connectivity index (χ3n) is 6.19. The summed E-state index contributed by atoms with van der Waals surface area (Å²) < 4.78 is 15.2. The van der Waals surface area contributed by atoms with Gasteiger partial charge in [0.05, 0.1) is 5.56 Å². The van der Waals surface area contributed by atoms with Crippen LogP contribution in [0.4, 0.5) is 4.39 Å². The van der Waals surface area contributed by atoms with Gasteiger partial charge in [0.1, 0.15) is 5.82 Å². The Bertz CT molecular complexity index is 1330. The Balaban J connectivity index is 1.52. The molecular formula is C33H31F. The summed E-state index contributed by atoms with van der Waals surface area (Å²) in [5.74, 6) is 5.88. The van der Waals surface area contributed by atoms with Gasteiger partial charge in [-0.2, -0.15) is 0 Å². The van der Waals surface area contributed by atoms with Crippen LogP contribution in [0.15, 0.2) is 91.0 Å². The van der Waals surface area contributed by atoms with E-state index >= 15 is 4.39 Å². The lowest BCUT2D eigenvalue weighted by Gasteiger charge is -2.07. The smallest absolute Gasteiger partial charge is 0.146 e. The highest BCUT2D eigenvalue weighted by Crippen LogP contribution is 2.28. The Morgan fingerprint density at radius 3 is 2.21 bits per heavy atom. The van der Waals surface area contributed by atoms with Crippen molar-refractivity contribution in [2.75, 3.05) is 0 Å². The molecule has 170 valence electrons. The molecule has 0 heterocycles. The standard InChI is InChI=1S/C33H31F/c1-3-5-7-9-26-10-12-27(13-11-26)16-19-29-20-21-31-24-30(22-23-32(31)33(29)34)28-17-14-25(15-18-28)8-6-4-2/h3,5,10-15,17-18,20-24H,4,6-9H2,1-2H3/b5-3+. The quantitative estimate of drug-likeness (QED) is 0.196. The van der Waals surface area contributed by atoms with Crippen molar-refractivity contribution in [1.29, 1.82) is 0 Å². The Hall–Kier alpha value is -3.63. The van der Waals surface area contributed by atoms with E-state index in [4.69, 9.17) is 0 Å². The third-order valence-corrected chi connectivity index (χ3v) is 6.19. The highest BCUT2D eigenvalue weighted by atomic mass is 19.1. The highest BCUT2D eigenvalue weighted by Gasteiger charge is 2.08. The molecule has 0 unspecified atom stereocenters. The molecule has 0 N–H and O–H groups in total. The molecule has 0 radical (unpaired) electrons. The van der Waals surface area contributed by atoms with Crippen LogP contribution in [0, 0.1) is 17.7 Å². The average Bonchev–Trinajstić information content (AvgIpc) is 2.88. The minimum atomic E-state index is -0.255. The number of halogens is 1. The van der Waals surface area contributed by atoms with Crippen molar-refractivity contribution in [3.8, 4) is 23.0 Å². The molecule has 0 amide bonds. The molecule has 0 aliphatic rings. The van der Waals surface area contributed by atoms with E-state index in [1.54, 1.807) is 6.07 Å². The fourth-order valence-electron chi connectivity index (χ4n) is 4.12. The van der Waals surface area contributed by atoms with Crippen molar-refractivity contribution in [2.45, 2.75) is 46.0 Å². The van der Waals surface area contributed by atoms with Gasteiger partial charge in [0, 0.05) is 10.9 Å². The zero-order chi connectivity index (χ0) is 23.8. The van der Waals surface area contributed by atoms with Gasteiger partial charge in [0.25, 0.3) is 0 Å². The Morgan fingerprint density at radius 2 is 1.47 bits per heavy atom. The molecule has 0 fully saturated rings. The fourth-order valence-corrected chi connectivity index (χ4v) is 4.12. The van der Waals surface area contributed by atoms with Gasteiger partial charge >= 0.3 is 0 Å². The van der Waals surface area contributed by atoms with Gasteiger partial charge in [-0.1, -0.05) is 91.9 Å². The van der Waals surface area contributed by atoms with E-state index in [2.05, 4.69) is 73.4 Å². The SMILES string of the molecule is C/C=C/CCc1ccc(C#Cc2ccc3cc(-c4ccc(CCCC)cc4)ccc3c2F)cc1. The molecule has 0 bridgehead atoms. The van der Waals surface area contributed by atoms with Crippen molar-refractivity contribution in [3.63, 3.8) is 0 Å². The van der Waals surface area contributed by atoms with E-state index in [-0.39, 0.29) is 5.82 Å². The van der Waals surface area contributed by atoms with Gasteiger partial charge in [-0.25, -0.2) is 4.39 Å². The normalized spacial score (nSPS) is 11.0. The third kappa shape index (κ3) is 5.83. The van der Waals surface area contributed by atoms with Gasteiger partial charge in [0.15, 0.2) is 0 Å². The number of aryl methyl sites for hydroxylation is 2. The van der Waals surface area contributed by atoms with Crippen LogP contribution >= 0.6 is 0 Å². The molecule has 34 heavy (non-hydrogen) atoms. The average molecular weight is 447 g/mol. The number of unbranched alkanes of at least 4 members (excludes halogenated alkanes) is 1. The van der Waals surface area contributed by atoms with Gasteiger partial charge < -0.3 is 0 Å². The van der Waals surface area contributed by atoms with Crippen LogP contribution in [0.2, 0.25) is 0 Å². The maximum Gasteiger partial charge on any atom is 0.146 e. The number of allylic oxidation sites excluding steroid dienone is 2. The first-order chi connectivity index (χ1) is 16.7. The van der Waals surface area contributed by atoms with Crippen molar-refractivity contribution < 1.29 is 4.39 Å². The predicted molar refractivity (Wildman–Crippen MR) is 144 cm³/mol. The second-order valence-electron chi connectivity index (χ2n) is 8.72. The molecule has 4 aromatic carbocycles. The number of hydrogen-bond acceptors (Lipinski definition) is 0. The lowest BCUT2D eigenvalue weighted by atomic mass is 9.98. The van der Waals surface area contributed by atoms with E-state index in [0.717, 1.165) is 41.3 Å². The summed E-state index contributed by atoms with van der Waals surface area (Å²) in [6.45, 7) is 4.25. The van der Waals surface area contributed by atoms with Crippen LogP contribution in [-0.4, -0.2) is 0 Å². The minimum absolute atomic E-state index is 0.255. The molecule has 0 aromatic heterocycles. The molecular weight excluding hydrogens is 415 g/mol. The summed E-state index contributed by atoms with van der Waals surface area (Å²) in [5, 5.41) is 1.50. The van der Waals surface area contributed by atoms with Crippen molar-refractivity contribution in [3.05, 3.63) is 119 Å². The van der Waals surface area contributed by atoms with Crippen LogP contribution < -0.4 is 0 Å². The summed E-state index contributed by atoms with van der Waals surface area (Å²) in [5.41, 5.74) is 6.23. The van der Waals surface area contributed by atoms with Gasteiger partial charge in [-0.3, -0.25) is 0 Å². The first kappa shape index (κ1) is 23.5. The highest BCUT2D eigenvalue weighted by molar-refractivity contribution is 5.89. The molecule has 0 atom stereocenters. The number of rotatable bonds is 7. The van der Waals surface area contributed by atoms with Crippen LogP contribution in [-0.2, 0) is 12.8 Å². The van der Waals surface area contributed by atoms with E-state index in [1.807, 2.05) is 37.3 Å². The fraction of sp³-hybridized carbons (Fsp3) is 0.212. The van der Waals surface area contributed by atoms with E-state index in [9.17, 15) is 0 Å².